The Kier molecular flexibility index (Phi) is 3.03. The van der Waals surface area contributed by atoms with Gasteiger partial charge in [0, 0.05) is 0 Å². The molecule has 1 aromatic rings. The summed E-state index contributed by atoms with van der Waals surface area (Å²) >= 11 is 0. The van der Waals surface area contributed by atoms with Crippen LogP contribution in [0.15, 0.2) is 18.2 Å². The zero-order valence-corrected chi connectivity index (χ0v) is 7.94. The van der Waals surface area contributed by atoms with Gasteiger partial charge < -0.3 is 10.4 Å². The van der Waals surface area contributed by atoms with Gasteiger partial charge in [-0.2, -0.15) is 5.26 Å². The molecular weight excluding hydrogens is 196 g/mol. The maximum Gasteiger partial charge on any atom is 0.394 e. The molecule has 0 heterocycles. The highest BCUT2D eigenvalue weighted by atomic mass is 16.4. The molecule has 76 valence electrons. The third-order valence-electron chi connectivity index (χ3n) is 1.74. The first-order valence-corrected chi connectivity index (χ1v) is 4.09. The maximum atomic E-state index is 10.9. The van der Waals surface area contributed by atoms with Crippen LogP contribution in [-0.2, 0) is 9.59 Å². The number of aliphatic carboxylic acids is 1. The Morgan fingerprint density at radius 1 is 1.47 bits per heavy atom. The van der Waals surface area contributed by atoms with E-state index >= 15 is 0 Å². The summed E-state index contributed by atoms with van der Waals surface area (Å²) in [5, 5.41) is 19.2. The summed E-state index contributed by atoms with van der Waals surface area (Å²) in [6.45, 7) is 1.78. The fourth-order valence-electron chi connectivity index (χ4n) is 1.03. The summed E-state index contributed by atoms with van der Waals surface area (Å²) in [5.41, 5.74) is 1.27. The molecule has 0 fully saturated rings. The zero-order valence-electron chi connectivity index (χ0n) is 7.94. The fraction of sp³-hybridized carbons (Fsp3) is 0.100. The molecule has 0 saturated heterocycles. The van der Waals surface area contributed by atoms with Crippen LogP contribution in [0, 0.1) is 18.3 Å². The smallest absolute Gasteiger partial charge is 0.394 e. The van der Waals surface area contributed by atoms with Gasteiger partial charge in [0.05, 0.1) is 11.3 Å². The Hall–Kier alpha value is -2.35. The molecule has 1 amide bonds. The molecule has 1 aromatic carbocycles. The number of carboxylic acids is 1. The maximum absolute atomic E-state index is 10.9. The van der Waals surface area contributed by atoms with E-state index in [2.05, 4.69) is 5.32 Å². The van der Waals surface area contributed by atoms with Crippen LogP contribution in [-0.4, -0.2) is 17.0 Å². The Balaban J connectivity index is 3.04. The topological polar surface area (TPSA) is 90.2 Å². The Labute approximate surface area is 86.0 Å². The molecule has 5 nitrogen and oxygen atoms in total. The summed E-state index contributed by atoms with van der Waals surface area (Å²) in [6.07, 6.45) is 0. The predicted octanol–water partition coefficient (Wildman–Crippen LogP) is 0.890. The standard InChI is InChI=1S/C10H8N2O3/c1-6-2-3-7(5-11)8(4-6)12-9(13)10(14)15/h2-4H,1H3,(H,12,13)(H,14,15). The monoisotopic (exact) mass is 204 g/mol. The van der Waals surface area contributed by atoms with Gasteiger partial charge in [0.2, 0.25) is 0 Å². The fourth-order valence-corrected chi connectivity index (χ4v) is 1.03. The molecule has 0 saturated carbocycles. The average molecular weight is 204 g/mol. The number of carbonyl (C=O) groups excluding carboxylic acids is 1. The molecule has 2 N–H and O–H groups in total. The van der Waals surface area contributed by atoms with Gasteiger partial charge in [0.1, 0.15) is 6.07 Å². The van der Waals surface area contributed by atoms with Gasteiger partial charge in [-0.15, -0.1) is 0 Å². The number of nitriles is 1. The van der Waals surface area contributed by atoms with E-state index in [0.717, 1.165) is 5.56 Å². The Bertz CT molecular complexity index is 460. The zero-order chi connectivity index (χ0) is 11.4. The molecule has 15 heavy (non-hydrogen) atoms. The van der Waals surface area contributed by atoms with Crippen LogP contribution in [0.3, 0.4) is 0 Å². The van der Waals surface area contributed by atoms with Crippen LogP contribution >= 0.6 is 0 Å². The SMILES string of the molecule is Cc1ccc(C#N)c(NC(=O)C(=O)O)c1. The van der Waals surface area contributed by atoms with E-state index in [9.17, 15) is 9.59 Å². The molecular formula is C10H8N2O3. The van der Waals surface area contributed by atoms with Gasteiger partial charge in [0.15, 0.2) is 0 Å². The van der Waals surface area contributed by atoms with Crippen molar-refractivity contribution in [3.63, 3.8) is 0 Å². The van der Waals surface area contributed by atoms with E-state index in [-0.39, 0.29) is 11.3 Å². The first-order chi connectivity index (χ1) is 7.04. The van der Waals surface area contributed by atoms with Crippen molar-refractivity contribution in [3.05, 3.63) is 29.3 Å². The minimum absolute atomic E-state index is 0.213. The Morgan fingerprint density at radius 3 is 2.67 bits per heavy atom. The second-order valence-corrected chi connectivity index (χ2v) is 2.92. The number of benzene rings is 1. The first kappa shape index (κ1) is 10.7. The number of carboxylic acid groups (broad SMARTS) is 1. The van der Waals surface area contributed by atoms with E-state index in [1.807, 2.05) is 6.07 Å². The van der Waals surface area contributed by atoms with Crippen LogP contribution < -0.4 is 5.32 Å². The van der Waals surface area contributed by atoms with Gasteiger partial charge in [-0.3, -0.25) is 4.79 Å². The van der Waals surface area contributed by atoms with Crippen molar-refractivity contribution in [2.24, 2.45) is 0 Å². The lowest BCUT2D eigenvalue weighted by Gasteiger charge is -2.04. The molecule has 0 aromatic heterocycles. The highest BCUT2D eigenvalue weighted by Gasteiger charge is 2.13. The van der Waals surface area contributed by atoms with Gasteiger partial charge in [-0.25, -0.2) is 4.79 Å². The molecule has 0 aliphatic heterocycles. The highest BCUT2D eigenvalue weighted by molar-refractivity contribution is 6.36. The largest absolute Gasteiger partial charge is 0.474 e. The molecule has 0 aliphatic rings. The molecule has 5 heteroatoms. The van der Waals surface area contributed by atoms with E-state index < -0.39 is 11.9 Å². The summed E-state index contributed by atoms with van der Waals surface area (Å²) in [5.74, 6) is -2.74. The van der Waals surface area contributed by atoms with Crippen LogP contribution in [0.1, 0.15) is 11.1 Å². The average Bonchev–Trinajstić information content (AvgIpc) is 2.18. The van der Waals surface area contributed by atoms with Crippen molar-refractivity contribution >= 4 is 17.6 Å². The van der Waals surface area contributed by atoms with Crippen molar-refractivity contribution in [1.29, 1.82) is 5.26 Å². The molecule has 0 bridgehead atoms. The van der Waals surface area contributed by atoms with Crippen LogP contribution in [0.25, 0.3) is 0 Å². The number of aryl methyl sites for hydroxylation is 1. The molecule has 0 unspecified atom stereocenters. The molecule has 0 aliphatic carbocycles. The lowest BCUT2D eigenvalue weighted by atomic mass is 10.1. The number of anilines is 1. The molecule has 0 spiro atoms. The lowest BCUT2D eigenvalue weighted by Crippen LogP contribution is -2.22. The van der Waals surface area contributed by atoms with Crippen LogP contribution in [0.2, 0.25) is 0 Å². The number of rotatable bonds is 1. The van der Waals surface area contributed by atoms with Crippen molar-refractivity contribution in [2.75, 3.05) is 5.32 Å². The number of nitrogens with one attached hydrogen (secondary N) is 1. The predicted molar refractivity (Wildman–Crippen MR) is 52.2 cm³/mol. The molecule has 1 rings (SSSR count). The number of carbonyl (C=O) groups is 2. The summed E-state index contributed by atoms with van der Waals surface area (Å²) in [4.78, 5) is 21.2. The third-order valence-corrected chi connectivity index (χ3v) is 1.74. The minimum Gasteiger partial charge on any atom is -0.474 e. The second kappa shape index (κ2) is 4.24. The summed E-state index contributed by atoms with van der Waals surface area (Å²) < 4.78 is 0. The number of hydrogen-bond acceptors (Lipinski definition) is 3. The van der Waals surface area contributed by atoms with Gasteiger partial charge >= 0.3 is 11.9 Å². The molecule has 0 radical (unpaired) electrons. The molecule has 0 atom stereocenters. The van der Waals surface area contributed by atoms with Crippen molar-refractivity contribution < 1.29 is 14.7 Å². The number of nitrogens with zero attached hydrogens (tertiary/aromatic N) is 1. The lowest BCUT2D eigenvalue weighted by molar-refractivity contribution is -0.147. The van der Waals surface area contributed by atoms with E-state index in [1.54, 1.807) is 19.1 Å². The van der Waals surface area contributed by atoms with Gasteiger partial charge in [0.25, 0.3) is 0 Å². The van der Waals surface area contributed by atoms with Crippen LogP contribution in [0.5, 0.6) is 0 Å². The minimum atomic E-state index is -1.58. The van der Waals surface area contributed by atoms with E-state index in [4.69, 9.17) is 10.4 Å². The third kappa shape index (κ3) is 2.54. The highest BCUT2D eigenvalue weighted by Crippen LogP contribution is 2.16. The van der Waals surface area contributed by atoms with E-state index in [1.165, 1.54) is 6.07 Å². The summed E-state index contributed by atoms with van der Waals surface area (Å²) in [6, 6.07) is 6.62. The summed E-state index contributed by atoms with van der Waals surface area (Å²) in [7, 11) is 0. The van der Waals surface area contributed by atoms with E-state index in [0.29, 0.717) is 0 Å². The normalized spacial score (nSPS) is 9.07. The van der Waals surface area contributed by atoms with Crippen LogP contribution in [0.4, 0.5) is 5.69 Å². The Morgan fingerprint density at radius 2 is 2.13 bits per heavy atom. The first-order valence-electron chi connectivity index (χ1n) is 4.09. The number of hydrogen-bond donors (Lipinski definition) is 2. The van der Waals surface area contributed by atoms with Crippen molar-refractivity contribution in [1.82, 2.24) is 0 Å². The quantitative estimate of drug-likeness (QED) is 0.664. The van der Waals surface area contributed by atoms with Gasteiger partial charge in [-0.1, -0.05) is 6.07 Å². The van der Waals surface area contributed by atoms with Crippen molar-refractivity contribution in [3.8, 4) is 6.07 Å². The van der Waals surface area contributed by atoms with Crippen molar-refractivity contribution in [2.45, 2.75) is 6.92 Å². The second-order valence-electron chi connectivity index (χ2n) is 2.92. The van der Waals surface area contributed by atoms with Gasteiger partial charge in [-0.05, 0) is 24.6 Å². The number of amides is 1.